The fourth-order valence-corrected chi connectivity index (χ4v) is 3.18. The van der Waals surface area contributed by atoms with Crippen molar-refractivity contribution in [2.24, 2.45) is 5.92 Å². The molecule has 1 heterocycles. The molecule has 124 valence electrons. The summed E-state index contributed by atoms with van der Waals surface area (Å²) in [5.74, 6) is 0.830. The Bertz CT molecular complexity index is 291. The topological polar surface area (TPSA) is 32.3 Å². The van der Waals surface area contributed by atoms with Gasteiger partial charge in [-0.3, -0.25) is 10.1 Å². The van der Waals surface area contributed by atoms with Crippen LogP contribution < -0.4 is 5.32 Å². The number of carbonyl (C=O) groups excluding carboxylic acids is 1. The summed E-state index contributed by atoms with van der Waals surface area (Å²) in [5, 5.41) is 3.56. The molecule has 1 saturated heterocycles. The van der Waals surface area contributed by atoms with E-state index in [1.165, 1.54) is 32.1 Å². The monoisotopic (exact) mass is 296 g/mol. The van der Waals surface area contributed by atoms with Crippen molar-refractivity contribution in [1.82, 2.24) is 10.2 Å². The maximum atomic E-state index is 12.6. The summed E-state index contributed by atoms with van der Waals surface area (Å²) >= 11 is 0. The molecule has 0 aliphatic carbocycles. The summed E-state index contributed by atoms with van der Waals surface area (Å²) in [4.78, 5) is 14.7. The fourth-order valence-electron chi connectivity index (χ4n) is 3.18. The van der Waals surface area contributed by atoms with Crippen molar-refractivity contribution in [1.29, 1.82) is 0 Å². The normalized spacial score (nSPS) is 22.5. The summed E-state index contributed by atoms with van der Waals surface area (Å²) in [5.41, 5.74) is 0. The fraction of sp³-hybridized carbons (Fsp3) is 0.944. The van der Waals surface area contributed by atoms with Gasteiger partial charge in [0.15, 0.2) is 0 Å². The van der Waals surface area contributed by atoms with E-state index in [1.807, 2.05) is 0 Å². The van der Waals surface area contributed by atoms with E-state index in [9.17, 15) is 4.79 Å². The van der Waals surface area contributed by atoms with Crippen molar-refractivity contribution < 1.29 is 4.79 Å². The minimum Gasteiger partial charge on any atom is -0.326 e. The molecule has 3 heteroatoms. The standard InChI is InChI=1S/C18H36N2O/c1-5-7-9-10-11-12-14-20-17(15(3)4)19-16(18(20)21)13-8-6-2/h15-17,19H,5-14H2,1-4H3. The van der Waals surface area contributed by atoms with Gasteiger partial charge >= 0.3 is 0 Å². The Morgan fingerprint density at radius 2 is 1.62 bits per heavy atom. The van der Waals surface area contributed by atoms with Gasteiger partial charge < -0.3 is 4.90 Å². The molecule has 3 nitrogen and oxygen atoms in total. The second-order valence-electron chi connectivity index (χ2n) is 6.85. The first-order chi connectivity index (χ1) is 10.1. The number of nitrogens with one attached hydrogen (secondary N) is 1. The lowest BCUT2D eigenvalue weighted by Gasteiger charge is -2.27. The Kier molecular flexibility index (Phi) is 8.98. The lowest BCUT2D eigenvalue weighted by molar-refractivity contribution is -0.130. The second-order valence-corrected chi connectivity index (χ2v) is 6.85. The van der Waals surface area contributed by atoms with E-state index in [2.05, 4.69) is 37.9 Å². The van der Waals surface area contributed by atoms with Crippen LogP contribution in [0.25, 0.3) is 0 Å². The first-order valence-corrected chi connectivity index (χ1v) is 9.18. The van der Waals surface area contributed by atoms with Gasteiger partial charge in [-0.2, -0.15) is 0 Å². The van der Waals surface area contributed by atoms with Gasteiger partial charge in [-0.1, -0.05) is 72.6 Å². The number of rotatable bonds is 11. The molecule has 0 radical (unpaired) electrons. The highest BCUT2D eigenvalue weighted by molar-refractivity contribution is 5.84. The van der Waals surface area contributed by atoms with E-state index in [0.717, 1.165) is 32.2 Å². The van der Waals surface area contributed by atoms with E-state index in [4.69, 9.17) is 0 Å². The Balaban J connectivity index is 2.39. The van der Waals surface area contributed by atoms with Crippen LogP contribution in [0.3, 0.4) is 0 Å². The molecule has 1 rings (SSSR count). The van der Waals surface area contributed by atoms with Crippen molar-refractivity contribution in [2.45, 2.75) is 97.7 Å². The van der Waals surface area contributed by atoms with Gasteiger partial charge in [0.05, 0.1) is 12.2 Å². The molecule has 0 aromatic carbocycles. The minimum atomic E-state index is 0.0671. The number of nitrogens with zero attached hydrogens (tertiary/aromatic N) is 1. The van der Waals surface area contributed by atoms with Gasteiger partial charge in [0, 0.05) is 6.54 Å². The molecule has 1 N–H and O–H groups in total. The SMILES string of the molecule is CCCCCCCCN1C(=O)C(CCCC)NC1C(C)C. The van der Waals surface area contributed by atoms with Crippen LogP contribution in [0, 0.1) is 5.92 Å². The molecule has 0 aromatic heterocycles. The summed E-state index contributed by atoms with van der Waals surface area (Å²) in [7, 11) is 0. The zero-order chi connectivity index (χ0) is 15.7. The molecule has 0 bridgehead atoms. The van der Waals surface area contributed by atoms with Gasteiger partial charge in [-0.15, -0.1) is 0 Å². The van der Waals surface area contributed by atoms with Crippen molar-refractivity contribution >= 4 is 5.91 Å². The predicted molar refractivity (Wildman–Crippen MR) is 90.2 cm³/mol. The first kappa shape index (κ1) is 18.5. The summed E-state index contributed by atoms with van der Waals surface area (Å²) in [6.45, 7) is 9.79. The van der Waals surface area contributed by atoms with Crippen molar-refractivity contribution in [3.8, 4) is 0 Å². The number of carbonyl (C=O) groups is 1. The number of hydrogen-bond acceptors (Lipinski definition) is 2. The van der Waals surface area contributed by atoms with Crippen LogP contribution in [-0.2, 0) is 4.79 Å². The Hall–Kier alpha value is -0.570. The molecule has 1 aliphatic rings. The van der Waals surface area contributed by atoms with Crippen LogP contribution >= 0.6 is 0 Å². The Labute approximate surface area is 131 Å². The van der Waals surface area contributed by atoms with Crippen molar-refractivity contribution in [3.63, 3.8) is 0 Å². The highest BCUT2D eigenvalue weighted by Gasteiger charge is 2.38. The quantitative estimate of drug-likeness (QED) is 0.576. The lowest BCUT2D eigenvalue weighted by Crippen LogP contribution is -2.41. The molecule has 2 atom stereocenters. The predicted octanol–water partition coefficient (Wildman–Crippen LogP) is 4.32. The molecular weight excluding hydrogens is 260 g/mol. The van der Waals surface area contributed by atoms with Crippen LogP contribution in [0.2, 0.25) is 0 Å². The maximum absolute atomic E-state index is 12.6. The number of hydrogen-bond donors (Lipinski definition) is 1. The number of unbranched alkanes of at least 4 members (excludes halogenated alkanes) is 6. The van der Waals surface area contributed by atoms with Gasteiger partial charge in [0.25, 0.3) is 0 Å². The van der Waals surface area contributed by atoms with E-state index in [1.54, 1.807) is 0 Å². The van der Waals surface area contributed by atoms with E-state index in [-0.39, 0.29) is 12.2 Å². The second kappa shape index (κ2) is 10.2. The molecule has 1 fully saturated rings. The van der Waals surface area contributed by atoms with E-state index < -0.39 is 0 Å². The third-order valence-corrected chi connectivity index (χ3v) is 4.52. The zero-order valence-electron chi connectivity index (χ0n) is 14.7. The average molecular weight is 296 g/mol. The third-order valence-electron chi connectivity index (χ3n) is 4.52. The maximum Gasteiger partial charge on any atom is 0.241 e. The Morgan fingerprint density at radius 1 is 1.00 bits per heavy atom. The molecule has 1 amide bonds. The van der Waals surface area contributed by atoms with Crippen LogP contribution in [0.15, 0.2) is 0 Å². The molecule has 0 aromatic rings. The number of amides is 1. The van der Waals surface area contributed by atoms with Crippen LogP contribution in [-0.4, -0.2) is 29.6 Å². The smallest absolute Gasteiger partial charge is 0.241 e. The largest absolute Gasteiger partial charge is 0.326 e. The van der Waals surface area contributed by atoms with E-state index >= 15 is 0 Å². The van der Waals surface area contributed by atoms with Crippen LogP contribution in [0.4, 0.5) is 0 Å². The molecule has 0 spiro atoms. The minimum absolute atomic E-state index is 0.0671. The Morgan fingerprint density at radius 3 is 2.24 bits per heavy atom. The average Bonchev–Trinajstić information content (AvgIpc) is 2.77. The molecular formula is C18H36N2O. The van der Waals surface area contributed by atoms with E-state index in [0.29, 0.717) is 11.8 Å². The highest BCUT2D eigenvalue weighted by atomic mass is 16.2. The molecule has 21 heavy (non-hydrogen) atoms. The third kappa shape index (κ3) is 5.98. The molecule has 1 aliphatic heterocycles. The van der Waals surface area contributed by atoms with Gasteiger partial charge in [-0.25, -0.2) is 0 Å². The summed E-state index contributed by atoms with van der Waals surface area (Å²) in [6, 6.07) is 0.0671. The van der Waals surface area contributed by atoms with Gasteiger partial charge in [-0.05, 0) is 18.8 Å². The lowest BCUT2D eigenvalue weighted by atomic mass is 10.1. The highest BCUT2D eigenvalue weighted by Crippen LogP contribution is 2.21. The van der Waals surface area contributed by atoms with Crippen LogP contribution in [0.5, 0.6) is 0 Å². The van der Waals surface area contributed by atoms with Crippen LogP contribution in [0.1, 0.15) is 85.5 Å². The van der Waals surface area contributed by atoms with Crippen molar-refractivity contribution in [2.75, 3.05) is 6.54 Å². The van der Waals surface area contributed by atoms with Gasteiger partial charge in [0.2, 0.25) is 5.91 Å². The van der Waals surface area contributed by atoms with Gasteiger partial charge in [0.1, 0.15) is 0 Å². The first-order valence-electron chi connectivity index (χ1n) is 9.18. The molecule has 2 unspecified atom stereocenters. The molecule has 0 saturated carbocycles. The summed E-state index contributed by atoms with van der Waals surface area (Å²) in [6.07, 6.45) is 11.2. The summed E-state index contributed by atoms with van der Waals surface area (Å²) < 4.78 is 0. The zero-order valence-corrected chi connectivity index (χ0v) is 14.7. The van der Waals surface area contributed by atoms with Crippen molar-refractivity contribution in [3.05, 3.63) is 0 Å².